The number of carboxylic acids is 1. The van der Waals surface area contributed by atoms with Crippen molar-refractivity contribution < 1.29 is 94.3 Å². The van der Waals surface area contributed by atoms with Gasteiger partial charge in [-0.1, -0.05) is 0 Å². The molecule has 0 aliphatic carbocycles. The van der Waals surface area contributed by atoms with Gasteiger partial charge in [0.25, 0.3) is 0 Å². The Bertz CT molecular complexity index is 282. The minimum absolute atomic E-state index is 0. The Balaban J connectivity index is -0.000000120. The van der Waals surface area contributed by atoms with Crippen LogP contribution in [0.25, 0.3) is 0 Å². The summed E-state index contributed by atoms with van der Waals surface area (Å²) in [5, 5.41) is 8.25. The number of carbonyl (C=O) groups is 1. The molecule has 17 heavy (non-hydrogen) atoms. The van der Waals surface area contributed by atoms with Gasteiger partial charge in [0.2, 0.25) is 0 Å². The summed E-state index contributed by atoms with van der Waals surface area (Å²) >= 11 is 0. The summed E-state index contributed by atoms with van der Waals surface area (Å²) in [6.45, 7) is -0.532. The Morgan fingerprint density at radius 1 is 1.41 bits per heavy atom. The number of carboxylic acid groups (broad SMARTS) is 1. The van der Waals surface area contributed by atoms with Crippen molar-refractivity contribution in [3.05, 3.63) is 0 Å². The van der Waals surface area contributed by atoms with Gasteiger partial charge in [0, 0.05) is 7.05 Å². The molecule has 10 nitrogen and oxygen atoms in total. The van der Waals surface area contributed by atoms with Gasteiger partial charge >= 0.3 is 65.1 Å². The summed E-state index contributed by atoms with van der Waals surface area (Å²) in [6.07, 6.45) is 0. The topological polar surface area (TPSA) is 205 Å². The maximum Gasteiger partial charge on any atom is 1.00 e. The second kappa shape index (κ2) is 13.2. The van der Waals surface area contributed by atoms with E-state index in [2.05, 4.69) is 4.76 Å². The Hall–Kier alpha value is 0.810. The molecule has 0 saturated carbocycles. The van der Waals surface area contributed by atoms with Crippen molar-refractivity contribution in [2.75, 3.05) is 13.6 Å². The number of hydrogen-bond acceptors (Lipinski definition) is 4. The molecule has 0 aromatic rings. The van der Waals surface area contributed by atoms with Crippen LogP contribution in [0, 0.1) is 0 Å². The summed E-state index contributed by atoms with van der Waals surface area (Å²) in [5.41, 5.74) is 4.99. The van der Waals surface area contributed by atoms with Gasteiger partial charge in [0.05, 0.1) is 7.75 Å². The Kier molecular flexibility index (Phi) is 23.9. The fourth-order valence-electron chi connectivity index (χ4n) is 0.486. The molecule has 0 rings (SSSR count). The summed E-state index contributed by atoms with van der Waals surface area (Å²) in [7, 11) is -3.89. The van der Waals surface area contributed by atoms with Gasteiger partial charge in [0.15, 0.2) is 5.96 Å². The van der Waals surface area contributed by atoms with Crippen LogP contribution in [0.3, 0.4) is 0 Å². The second-order valence-corrected chi connectivity index (χ2v) is 3.31. The van der Waals surface area contributed by atoms with Crippen LogP contribution in [0.15, 0.2) is 4.76 Å². The summed E-state index contributed by atoms with van der Waals surface area (Å²) < 4.78 is 12.6. The summed E-state index contributed by atoms with van der Waals surface area (Å²) in [4.78, 5) is 31.1. The molecule has 0 radical (unpaired) electrons. The van der Waals surface area contributed by atoms with E-state index in [1.807, 2.05) is 0 Å². The first-order valence-corrected chi connectivity index (χ1v) is 4.52. The van der Waals surface area contributed by atoms with Crippen molar-refractivity contribution in [3.63, 3.8) is 0 Å². The Labute approximate surface area is 142 Å². The molecule has 0 aromatic heterocycles. The molecule has 0 aromatic carbocycles. The van der Waals surface area contributed by atoms with Gasteiger partial charge in [-0.25, -0.2) is 4.76 Å². The largest absolute Gasteiger partial charge is 1.00 e. The molecule has 0 spiro atoms. The zero-order chi connectivity index (χ0) is 10.6. The molecule has 92 valence electrons. The zero-order valence-corrected chi connectivity index (χ0v) is 14.6. The SMILES string of the molecule is CN(CC(=O)O)/C(N)=N/P(=O)([O-])[O-].O.O.[Na+].[Na+]. The van der Waals surface area contributed by atoms with Gasteiger partial charge in [0.1, 0.15) is 6.54 Å². The molecule has 0 aliphatic heterocycles. The quantitative estimate of drug-likeness (QED) is 0.222. The van der Waals surface area contributed by atoms with E-state index in [1.165, 1.54) is 7.05 Å². The van der Waals surface area contributed by atoms with Crippen LogP contribution in [-0.4, -0.2) is 46.5 Å². The van der Waals surface area contributed by atoms with Gasteiger partial charge in [-0.15, -0.1) is 0 Å². The van der Waals surface area contributed by atoms with Gasteiger partial charge < -0.3 is 41.0 Å². The Morgan fingerprint density at radius 2 is 1.76 bits per heavy atom. The second-order valence-electron chi connectivity index (χ2n) is 2.18. The van der Waals surface area contributed by atoms with E-state index in [1.54, 1.807) is 0 Å². The zero-order valence-electron chi connectivity index (χ0n) is 9.71. The normalized spacial score (nSPS) is 9.71. The number of hydrogen-bond donors (Lipinski definition) is 2. The van der Waals surface area contributed by atoms with E-state index in [4.69, 9.17) is 10.8 Å². The molecule has 0 atom stereocenters. The fourth-order valence-corrected chi connectivity index (χ4v) is 0.889. The number of likely N-dealkylation sites (N-methyl/N-ethyl adjacent to an activating group) is 1. The van der Waals surface area contributed by atoms with E-state index >= 15 is 0 Å². The molecule has 0 bridgehead atoms. The van der Waals surface area contributed by atoms with Crippen LogP contribution in [-0.2, 0) is 9.36 Å². The molecule has 0 fully saturated rings. The average Bonchev–Trinajstić information content (AvgIpc) is 1.81. The van der Waals surface area contributed by atoms with Crippen molar-refractivity contribution in [3.8, 4) is 0 Å². The summed E-state index contributed by atoms with van der Waals surface area (Å²) in [6, 6.07) is 0. The molecule has 0 aliphatic rings. The van der Waals surface area contributed by atoms with E-state index in [0.29, 0.717) is 0 Å². The Morgan fingerprint density at radius 3 is 2.00 bits per heavy atom. The van der Waals surface area contributed by atoms with E-state index in [0.717, 1.165) is 4.90 Å². The first kappa shape index (κ1) is 30.7. The standard InChI is InChI=1S/C4H10N3O5P.2Na.2H2O/c1-7(2-3(8)9)4(5)6-13(10,11)12;;;;/h2H2,1H3,(H,8,9)(H4,5,6,10,11,12);;;2*1H2/q;2*+1;;/p-2. The minimum Gasteiger partial charge on any atom is -0.793 e. The van der Waals surface area contributed by atoms with Gasteiger partial charge in [-0.3, -0.25) is 4.79 Å². The van der Waals surface area contributed by atoms with Crippen molar-refractivity contribution in [1.29, 1.82) is 0 Å². The van der Waals surface area contributed by atoms with Crippen LogP contribution in [0.2, 0.25) is 0 Å². The maximum absolute atomic E-state index is 10.1. The molecule has 0 saturated heterocycles. The van der Waals surface area contributed by atoms with Crippen LogP contribution in [0.1, 0.15) is 0 Å². The van der Waals surface area contributed by atoms with E-state index < -0.39 is 26.2 Å². The van der Waals surface area contributed by atoms with Gasteiger partial charge in [-0.2, -0.15) is 0 Å². The van der Waals surface area contributed by atoms with Crippen LogP contribution >= 0.6 is 7.75 Å². The summed E-state index contributed by atoms with van der Waals surface area (Å²) in [5.74, 6) is -1.86. The predicted molar refractivity (Wildman–Crippen MR) is 46.7 cm³/mol. The molecular formula is C4H12N3Na2O7P. The van der Waals surface area contributed by atoms with Crippen LogP contribution in [0.4, 0.5) is 0 Å². The number of rotatable bonds is 3. The van der Waals surface area contributed by atoms with Crippen LogP contribution in [0.5, 0.6) is 0 Å². The molecule has 7 N–H and O–H groups in total. The van der Waals surface area contributed by atoms with Crippen molar-refractivity contribution in [1.82, 2.24) is 4.90 Å². The minimum atomic E-state index is -5.09. The third-order valence-electron chi connectivity index (χ3n) is 0.988. The molecule has 0 unspecified atom stereocenters. The van der Waals surface area contributed by atoms with Crippen molar-refractivity contribution in [2.45, 2.75) is 0 Å². The van der Waals surface area contributed by atoms with Gasteiger partial charge in [-0.05, 0) is 0 Å². The molecule has 13 heteroatoms. The van der Waals surface area contributed by atoms with E-state index in [-0.39, 0.29) is 70.1 Å². The fraction of sp³-hybridized carbons (Fsp3) is 0.500. The van der Waals surface area contributed by atoms with Crippen LogP contribution < -0.4 is 74.6 Å². The first-order valence-electron chi connectivity index (χ1n) is 3.03. The predicted octanol–water partition coefficient (Wildman–Crippen LogP) is -10.5. The number of nitrogens with zero attached hydrogens (tertiary/aromatic N) is 2. The maximum atomic E-state index is 10.1. The number of guanidine groups is 1. The molecule has 0 heterocycles. The monoisotopic (exact) mass is 291 g/mol. The third kappa shape index (κ3) is 19.3. The first-order chi connectivity index (χ1) is 5.72. The third-order valence-corrected chi connectivity index (χ3v) is 1.44. The molecular weight excluding hydrogens is 279 g/mol. The van der Waals surface area contributed by atoms with E-state index in [9.17, 15) is 19.1 Å². The van der Waals surface area contributed by atoms with Crippen molar-refractivity contribution in [2.24, 2.45) is 10.5 Å². The average molecular weight is 291 g/mol. The molecule has 0 amide bonds. The number of aliphatic carboxylic acids is 1. The number of nitrogens with two attached hydrogens (primary N) is 1. The van der Waals surface area contributed by atoms with Crippen molar-refractivity contribution >= 4 is 19.7 Å². The smallest absolute Gasteiger partial charge is 0.793 e.